The van der Waals surface area contributed by atoms with Crippen LogP contribution in [0.25, 0.3) is 16.3 Å². The van der Waals surface area contributed by atoms with Gasteiger partial charge in [-0.1, -0.05) is 66.7 Å². The van der Waals surface area contributed by atoms with E-state index in [1.54, 1.807) is 23.1 Å². The molecule has 3 aromatic rings. The van der Waals surface area contributed by atoms with Crippen molar-refractivity contribution in [1.29, 1.82) is 0 Å². The molecule has 0 spiro atoms. The van der Waals surface area contributed by atoms with Crippen LogP contribution in [0, 0.1) is 0 Å². The van der Waals surface area contributed by atoms with Crippen LogP contribution in [0.5, 0.6) is 0 Å². The van der Waals surface area contributed by atoms with Crippen molar-refractivity contribution in [3.63, 3.8) is 0 Å². The number of anilines is 1. The molecule has 5 heteroatoms. The number of carbonyl (C=O) groups is 1. The molecule has 3 rings (SSSR count). The van der Waals surface area contributed by atoms with E-state index in [2.05, 4.69) is 0 Å². The Morgan fingerprint density at radius 3 is 2.22 bits per heavy atom. The Bertz CT molecular complexity index is 972. The van der Waals surface area contributed by atoms with Crippen molar-refractivity contribution in [3.05, 3.63) is 84.6 Å². The van der Waals surface area contributed by atoms with E-state index in [0.717, 1.165) is 16.5 Å². The molecule has 0 aliphatic carbocycles. The fourth-order valence-corrected chi connectivity index (χ4v) is 2.98. The zero-order valence-corrected chi connectivity index (χ0v) is 14.7. The number of carbonyl (C=O) groups excluding carboxylic acids is 1. The van der Waals surface area contributed by atoms with Gasteiger partial charge in [0.1, 0.15) is 0 Å². The van der Waals surface area contributed by atoms with Crippen molar-refractivity contribution in [2.75, 3.05) is 11.4 Å². The number of ketones is 1. The molecule has 0 N–H and O–H groups in total. The first-order valence-electron chi connectivity index (χ1n) is 8.55. The summed E-state index contributed by atoms with van der Waals surface area (Å²) in [7, 11) is 0. The van der Waals surface area contributed by atoms with Crippen LogP contribution in [0.2, 0.25) is 0 Å². The summed E-state index contributed by atoms with van der Waals surface area (Å²) in [6.07, 6.45) is -3.65. The number of hydrogen-bond acceptors (Lipinski definition) is 2. The van der Waals surface area contributed by atoms with E-state index in [0.29, 0.717) is 6.54 Å². The van der Waals surface area contributed by atoms with Gasteiger partial charge in [0.2, 0.25) is 0 Å². The molecule has 138 valence electrons. The monoisotopic (exact) mass is 369 g/mol. The van der Waals surface area contributed by atoms with Crippen LogP contribution in [0.1, 0.15) is 12.5 Å². The highest BCUT2D eigenvalue weighted by Crippen LogP contribution is 2.31. The predicted molar refractivity (Wildman–Crippen MR) is 102 cm³/mol. The van der Waals surface area contributed by atoms with Crippen LogP contribution in [0.3, 0.4) is 0 Å². The van der Waals surface area contributed by atoms with Gasteiger partial charge in [-0.15, -0.1) is 0 Å². The molecule has 3 aromatic carbocycles. The van der Waals surface area contributed by atoms with Crippen molar-refractivity contribution in [3.8, 4) is 0 Å². The SMILES string of the molecule is CCN(/C=C(\C(=O)C(F)(F)F)c1ccccc1)c1cccc2ccccc12. The van der Waals surface area contributed by atoms with Crippen molar-refractivity contribution < 1.29 is 18.0 Å². The number of alkyl halides is 3. The van der Waals surface area contributed by atoms with E-state index in [-0.39, 0.29) is 11.1 Å². The standard InChI is InChI=1S/C22H18F3NO/c1-2-26(20-14-8-12-16-11-6-7-13-18(16)20)15-19(21(27)22(23,24)25)17-9-4-3-5-10-17/h3-15H,2H2,1H3/b19-15-. The van der Waals surface area contributed by atoms with Crippen molar-refractivity contribution >= 4 is 27.8 Å². The van der Waals surface area contributed by atoms with Crippen molar-refractivity contribution in [1.82, 2.24) is 0 Å². The highest BCUT2D eigenvalue weighted by Gasteiger charge is 2.41. The molecule has 0 atom stereocenters. The number of Topliss-reactive ketones (excluding diaryl/α,β-unsaturated/α-hetero) is 1. The average molecular weight is 369 g/mol. The van der Waals surface area contributed by atoms with E-state index < -0.39 is 12.0 Å². The van der Waals surface area contributed by atoms with E-state index in [1.807, 2.05) is 49.4 Å². The first-order valence-corrected chi connectivity index (χ1v) is 8.55. The van der Waals surface area contributed by atoms with Gasteiger partial charge in [0, 0.05) is 23.8 Å². The lowest BCUT2D eigenvalue weighted by Gasteiger charge is -2.23. The average Bonchev–Trinajstić information content (AvgIpc) is 2.68. The van der Waals surface area contributed by atoms with E-state index in [9.17, 15) is 18.0 Å². The highest BCUT2D eigenvalue weighted by atomic mass is 19.4. The van der Waals surface area contributed by atoms with Crippen LogP contribution in [0.4, 0.5) is 18.9 Å². The molecular formula is C22H18F3NO. The summed E-state index contributed by atoms with van der Waals surface area (Å²) in [6.45, 7) is 2.24. The zero-order valence-electron chi connectivity index (χ0n) is 14.7. The van der Waals surface area contributed by atoms with Gasteiger partial charge in [0.25, 0.3) is 5.78 Å². The van der Waals surface area contributed by atoms with E-state index >= 15 is 0 Å². The van der Waals surface area contributed by atoms with Gasteiger partial charge in [-0.05, 0) is 23.9 Å². The number of halogens is 3. The fraction of sp³-hybridized carbons (Fsp3) is 0.136. The molecule has 0 radical (unpaired) electrons. The Balaban J connectivity index is 2.16. The van der Waals surface area contributed by atoms with Crippen LogP contribution in [0.15, 0.2) is 79.0 Å². The smallest absolute Gasteiger partial charge is 0.347 e. The number of benzene rings is 3. The minimum Gasteiger partial charge on any atom is -0.347 e. The normalized spacial score (nSPS) is 12.2. The van der Waals surface area contributed by atoms with E-state index in [4.69, 9.17) is 0 Å². The van der Waals surface area contributed by atoms with Crippen molar-refractivity contribution in [2.24, 2.45) is 0 Å². The summed E-state index contributed by atoms with van der Waals surface area (Å²) in [5, 5.41) is 1.88. The maximum absolute atomic E-state index is 13.2. The zero-order chi connectivity index (χ0) is 19.4. The third-order valence-corrected chi connectivity index (χ3v) is 4.29. The van der Waals surface area contributed by atoms with Gasteiger partial charge < -0.3 is 4.90 Å². The largest absolute Gasteiger partial charge is 0.454 e. The second kappa shape index (κ2) is 7.66. The summed E-state index contributed by atoms with van der Waals surface area (Å²) in [4.78, 5) is 13.8. The molecule has 0 amide bonds. The molecule has 0 saturated carbocycles. The summed E-state index contributed by atoms with van der Waals surface area (Å²) in [5.41, 5.74) is 0.607. The molecule has 0 fully saturated rings. The Morgan fingerprint density at radius 1 is 0.926 bits per heavy atom. The Hall–Kier alpha value is -3.08. The van der Waals surface area contributed by atoms with Crippen LogP contribution < -0.4 is 4.90 Å². The molecule has 0 bridgehead atoms. The first kappa shape index (κ1) is 18.7. The van der Waals surface area contributed by atoms with Gasteiger partial charge in [0.05, 0.1) is 5.57 Å². The lowest BCUT2D eigenvalue weighted by atomic mass is 10.0. The molecule has 0 aliphatic rings. The quantitative estimate of drug-likeness (QED) is 0.527. The molecule has 0 heterocycles. The summed E-state index contributed by atoms with van der Waals surface area (Å²) >= 11 is 0. The van der Waals surface area contributed by atoms with Gasteiger partial charge in [-0.2, -0.15) is 13.2 Å². The third-order valence-electron chi connectivity index (χ3n) is 4.29. The number of hydrogen-bond donors (Lipinski definition) is 0. The molecule has 0 aromatic heterocycles. The minimum absolute atomic E-state index is 0.235. The minimum atomic E-state index is -4.94. The number of allylic oxidation sites excluding steroid dienone is 1. The summed E-state index contributed by atoms with van der Waals surface area (Å²) in [5.74, 6) is -1.85. The molecule has 0 unspecified atom stereocenters. The second-order valence-electron chi connectivity index (χ2n) is 6.02. The maximum atomic E-state index is 13.2. The van der Waals surface area contributed by atoms with Crippen LogP contribution in [-0.4, -0.2) is 18.5 Å². The molecular weight excluding hydrogens is 351 g/mol. The predicted octanol–water partition coefficient (Wildman–Crippen LogP) is 5.84. The lowest BCUT2D eigenvalue weighted by molar-refractivity contribution is -0.164. The van der Waals surface area contributed by atoms with Crippen molar-refractivity contribution in [2.45, 2.75) is 13.1 Å². The molecule has 0 aliphatic heterocycles. The first-order chi connectivity index (χ1) is 12.9. The Labute approximate surface area is 155 Å². The van der Waals surface area contributed by atoms with Crippen LogP contribution >= 0.6 is 0 Å². The number of fused-ring (bicyclic) bond motifs is 1. The summed E-state index contributed by atoms with van der Waals surface area (Å²) < 4.78 is 39.6. The maximum Gasteiger partial charge on any atom is 0.454 e. The van der Waals surface area contributed by atoms with Gasteiger partial charge in [0.15, 0.2) is 0 Å². The lowest BCUT2D eigenvalue weighted by Crippen LogP contribution is -2.26. The fourth-order valence-electron chi connectivity index (χ4n) is 2.98. The Morgan fingerprint density at radius 2 is 1.56 bits per heavy atom. The number of nitrogens with zero attached hydrogens (tertiary/aromatic N) is 1. The summed E-state index contributed by atoms with van der Waals surface area (Å²) in [6, 6.07) is 21.2. The second-order valence-corrected chi connectivity index (χ2v) is 6.02. The molecule has 27 heavy (non-hydrogen) atoms. The van der Waals surface area contributed by atoms with Crippen LogP contribution in [-0.2, 0) is 4.79 Å². The van der Waals surface area contributed by atoms with Gasteiger partial charge in [-0.25, -0.2) is 0 Å². The van der Waals surface area contributed by atoms with Gasteiger partial charge >= 0.3 is 6.18 Å². The number of rotatable bonds is 5. The third kappa shape index (κ3) is 4.03. The topological polar surface area (TPSA) is 20.3 Å². The van der Waals surface area contributed by atoms with E-state index in [1.165, 1.54) is 18.3 Å². The Kier molecular flexibility index (Phi) is 5.31. The highest BCUT2D eigenvalue weighted by molar-refractivity contribution is 6.23. The van der Waals surface area contributed by atoms with Gasteiger partial charge in [-0.3, -0.25) is 4.79 Å². The molecule has 2 nitrogen and oxygen atoms in total. The molecule has 0 saturated heterocycles.